The zero-order valence-electron chi connectivity index (χ0n) is 13.4. The Morgan fingerprint density at radius 1 is 1.08 bits per heavy atom. The van der Waals surface area contributed by atoms with Crippen molar-refractivity contribution in [2.75, 3.05) is 17.2 Å². The summed E-state index contributed by atoms with van der Waals surface area (Å²) in [5, 5.41) is 7.74. The number of carbonyl (C=O) groups is 2. The maximum absolute atomic E-state index is 12.1. The summed E-state index contributed by atoms with van der Waals surface area (Å²) in [7, 11) is 0. The van der Waals surface area contributed by atoms with E-state index in [9.17, 15) is 9.59 Å². The molecule has 0 bridgehead atoms. The van der Waals surface area contributed by atoms with Crippen molar-refractivity contribution in [3.63, 3.8) is 0 Å². The third-order valence-corrected chi connectivity index (χ3v) is 4.62. The van der Waals surface area contributed by atoms with Crippen molar-refractivity contribution >= 4 is 49.9 Å². The highest BCUT2D eigenvalue weighted by molar-refractivity contribution is 9.10. The van der Waals surface area contributed by atoms with Crippen molar-refractivity contribution in [3.8, 4) is 5.75 Å². The lowest BCUT2D eigenvalue weighted by Gasteiger charge is -2.09. The average molecular weight is 432 g/mol. The molecule has 0 fully saturated rings. The van der Waals surface area contributed by atoms with Crippen LogP contribution in [0, 0.1) is 0 Å². The summed E-state index contributed by atoms with van der Waals surface area (Å²) in [4.78, 5) is 28.1. The molecule has 8 heteroatoms. The second kappa shape index (κ2) is 8.59. The van der Waals surface area contributed by atoms with Gasteiger partial charge in [-0.05, 0) is 52.3 Å². The van der Waals surface area contributed by atoms with Crippen LogP contribution in [-0.2, 0) is 4.79 Å². The number of benzene rings is 2. The van der Waals surface area contributed by atoms with Crippen LogP contribution >= 0.6 is 27.3 Å². The molecule has 0 aliphatic heterocycles. The number of carbonyl (C=O) groups excluding carboxylic acids is 2. The molecule has 0 aliphatic rings. The van der Waals surface area contributed by atoms with E-state index in [2.05, 4.69) is 31.5 Å². The van der Waals surface area contributed by atoms with E-state index in [1.807, 2.05) is 18.2 Å². The van der Waals surface area contributed by atoms with Gasteiger partial charge in [-0.15, -0.1) is 11.3 Å². The van der Waals surface area contributed by atoms with Crippen molar-refractivity contribution in [1.82, 2.24) is 4.98 Å². The van der Waals surface area contributed by atoms with Gasteiger partial charge in [-0.2, -0.15) is 0 Å². The van der Waals surface area contributed by atoms with Gasteiger partial charge in [0.15, 0.2) is 11.7 Å². The maximum atomic E-state index is 12.1. The number of anilines is 2. The van der Waals surface area contributed by atoms with Crippen LogP contribution in [0.1, 0.15) is 10.4 Å². The zero-order valence-corrected chi connectivity index (χ0v) is 15.8. The minimum absolute atomic E-state index is 0.116. The third kappa shape index (κ3) is 4.90. The second-order valence-electron chi connectivity index (χ2n) is 5.14. The van der Waals surface area contributed by atoms with Crippen molar-refractivity contribution in [1.29, 1.82) is 0 Å². The lowest BCUT2D eigenvalue weighted by molar-refractivity contribution is -0.118. The van der Waals surface area contributed by atoms with Crippen molar-refractivity contribution in [2.24, 2.45) is 0 Å². The normalized spacial score (nSPS) is 10.2. The van der Waals surface area contributed by atoms with Gasteiger partial charge in [0.25, 0.3) is 11.8 Å². The van der Waals surface area contributed by atoms with E-state index in [4.69, 9.17) is 4.74 Å². The fourth-order valence-electron chi connectivity index (χ4n) is 2.06. The molecule has 1 heterocycles. The average Bonchev–Trinajstić information content (AvgIpc) is 3.14. The number of amides is 2. The fraction of sp³-hybridized carbons (Fsp3) is 0.0556. The molecule has 0 unspecified atom stereocenters. The van der Waals surface area contributed by atoms with Crippen molar-refractivity contribution in [3.05, 3.63) is 70.1 Å². The topological polar surface area (TPSA) is 80.3 Å². The monoisotopic (exact) mass is 431 g/mol. The molecule has 0 saturated carbocycles. The Hall–Kier alpha value is -2.71. The summed E-state index contributed by atoms with van der Waals surface area (Å²) in [6, 6.07) is 13.9. The maximum Gasteiger partial charge on any atom is 0.262 e. The van der Waals surface area contributed by atoms with Crippen molar-refractivity contribution in [2.45, 2.75) is 0 Å². The van der Waals surface area contributed by atoms with Gasteiger partial charge in [0, 0.05) is 22.8 Å². The molecule has 1 aromatic heterocycles. The molecule has 0 spiro atoms. The molecular formula is C18H14BrN3O3S. The first-order chi connectivity index (χ1) is 12.6. The molecule has 2 amide bonds. The van der Waals surface area contributed by atoms with Gasteiger partial charge >= 0.3 is 0 Å². The van der Waals surface area contributed by atoms with E-state index in [1.165, 1.54) is 11.3 Å². The van der Waals surface area contributed by atoms with Gasteiger partial charge in [0.2, 0.25) is 0 Å². The Morgan fingerprint density at radius 2 is 1.85 bits per heavy atom. The SMILES string of the molecule is O=C(COc1ccccc1Br)Nc1ccc(C(=O)Nc2nccs2)cc1. The number of hydrogen-bond donors (Lipinski definition) is 2. The van der Waals surface area contributed by atoms with Crippen LogP contribution < -0.4 is 15.4 Å². The van der Waals surface area contributed by atoms with E-state index in [0.717, 1.165) is 4.47 Å². The van der Waals surface area contributed by atoms with E-state index in [1.54, 1.807) is 41.9 Å². The fourth-order valence-corrected chi connectivity index (χ4v) is 2.98. The number of para-hydroxylation sites is 1. The number of nitrogens with one attached hydrogen (secondary N) is 2. The smallest absolute Gasteiger partial charge is 0.262 e. The van der Waals surface area contributed by atoms with Crippen LogP contribution in [0.4, 0.5) is 10.8 Å². The van der Waals surface area contributed by atoms with Gasteiger partial charge in [0.1, 0.15) is 5.75 Å². The molecule has 0 aliphatic carbocycles. The summed E-state index contributed by atoms with van der Waals surface area (Å²) in [5.74, 6) is 0.0488. The number of rotatable bonds is 6. The molecule has 2 N–H and O–H groups in total. The zero-order chi connectivity index (χ0) is 18.4. The number of thiazole rings is 1. The quantitative estimate of drug-likeness (QED) is 0.613. The molecular weight excluding hydrogens is 418 g/mol. The third-order valence-electron chi connectivity index (χ3n) is 3.28. The first-order valence-electron chi connectivity index (χ1n) is 7.60. The predicted octanol–water partition coefficient (Wildman–Crippen LogP) is 4.18. The first kappa shape index (κ1) is 18.1. The van der Waals surface area contributed by atoms with Gasteiger partial charge in [-0.25, -0.2) is 4.98 Å². The Balaban J connectivity index is 1.53. The minimum atomic E-state index is -0.291. The predicted molar refractivity (Wildman–Crippen MR) is 105 cm³/mol. The molecule has 6 nitrogen and oxygen atoms in total. The van der Waals surface area contributed by atoms with Gasteiger partial charge in [0.05, 0.1) is 4.47 Å². The first-order valence-corrected chi connectivity index (χ1v) is 9.27. The molecule has 0 atom stereocenters. The molecule has 3 rings (SSSR count). The number of nitrogens with zero attached hydrogens (tertiary/aromatic N) is 1. The Morgan fingerprint density at radius 3 is 2.54 bits per heavy atom. The largest absolute Gasteiger partial charge is 0.483 e. The lowest BCUT2D eigenvalue weighted by atomic mass is 10.2. The van der Waals surface area contributed by atoms with Crippen molar-refractivity contribution < 1.29 is 14.3 Å². The summed E-state index contributed by atoms with van der Waals surface area (Å²) < 4.78 is 6.24. The highest BCUT2D eigenvalue weighted by Gasteiger charge is 2.09. The number of aromatic nitrogens is 1. The van der Waals surface area contributed by atoms with Crippen LogP contribution in [0.25, 0.3) is 0 Å². The summed E-state index contributed by atoms with van der Waals surface area (Å²) in [6.45, 7) is -0.116. The molecule has 0 radical (unpaired) electrons. The molecule has 26 heavy (non-hydrogen) atoms. The van der Waals surface area contributed by atoms with Crippen LogP contribution in [-0.4, -0.2) is 23.4 Å². The van der Waals surface area contributed by atoms with E-state index < -0.39 is 0 Å². The number of hydrogen-bond acceptors (Lipinski definition) is 5. The van der Waals surface area contributed by atoms with Gasteiger partial charge < -0.3 is 10.1 Å². The Labute approximate surface area is 162 Å². The highest BCUT2D eigenvalue weighted by Crippen LogP contribution is 2.23. The van der Waals surface area contributed by atoms with Crippen LogP contribution in [0.2, 0.25) is 0 Å². The van der Waals surface area contributed by atoms with Crippen LogP contribution in [0.15, 0.2) is 64.6 Å². The number of halogens is 1. The minimum Gasteiger partial charge on any atom is -0.483 e. The Bertz CT molecular complexity index is 898. The van der Waals surface area contributed by atoms with Crippen LogP contribution in [0.3, 0.4) is 0 Å². The number of ether oxygens (including phenoxy) is 1. The molecule has 0 saturated heterocycles. The van der Waals surface area contributed by atoms with Crippen LogP contribution in [0.5, 0.6) is 5.75 Å². The summed E-state index contributed by atoms with van der Waals surface area (Å²) >= 11 is 4.70. The Kier molecular flexibility index (Phi) is 5.98. The van der Waals surface area contributed by atoms with E-state index in [0.29, 0.717) is 22.1 Å². The van der Waals surface area contributed by atoms with Gasteiger partial charge in [-0.3, -0.25) is 14.9 Å². The molecule has 2 aromatic carbocycles. The second-order valence-corrected chi connectivity index (χ2v) is 6.88. The standard InChI is InChI=1S/C18H14BrN3O3S/c19-14-3-1-2-4-15(14)25-11-16(23)21-13-7-5-12(6-8-13)17(24)22-18-20-9-10-26-18/h1-10H,11H2,(H,21,23)(H,20,22,24). The highest BCUT2D eigenvalue weighted by atomic mass is 79.9. The van der Waals surface area contributed by atoms with Gasteiger partial charge in [-0.1, -0.05) is 12.1 Å². The lowest BCUT2D eigenvalue weighted by Crippen LogP contribution is -2.20. The van der Waals surface area contributed by atoms with E-state index >= 15 is 0 Å². The molecule has 3 aromatic rings. The summed E-state index contributed by atoms with van der Waals surface area (Å²) in [6.07, 6.45) is 1.62. The summed E-state index contributed by atoms with van der Waals surface area (Å²) in [5.41, 5.74) is 1.05. The van der Waals surface area contributed by atoms with E-state index in [-0.39, 0.29) is 18.4 Å². The molecule has 132 valence electrons.